The van der Waals surface area contributed by atoms with Crippen LogP contribution in [0.1, 0.15) is 44.9 Å². The van der Waals surface area contributed by atoms with Crippen molar-refractivity contribution in [3.63, 3.8) is 0 Å². The minimum Gasteiger partial charge on any atom is -0.368 e. The van der Waals surface area contributed by atoms with E-state index >= 15 is 0 Å². The zero-order valence-corrected chi connectivity index (χ0v) is 11.5. The molecule has 4 nitrogen and oxygen atoms in total. The van der Waals surface area contributed by atoms with Crippen molar-refractivity contribution >= 4 is 18.3 Å². The number of ether oxygens (including phenoxy) is 1. The van der Waals surface area contributed by atoms with Crippen LogP contribution in [-0.2, 0) is 9.53 Å². The number of halogens is 1. The fraction of sp³-hybridized carbons (Fsp3) is 0.923. The van der Waals surface area contributed by atoms with Crippen LogP contribution >= 0.6 is 12.4 Å². The van der Waals surface area contributed by atoms with E-state index in [1.807, 2.05) is 0 Å². The number of carbonyl (C=O) groups is 1. The standard InChI is InChI=1S/C13H22N2O2.ClH/c16-13(12-3-1-2-6-17-12)15-11-7-9-4-5-10(8-11)14-9;/h9-12,14H,1-8H2,(H,15,16);1H. The summed E-state index contributed by atoms with van der Waals surface area (Å²) in [4.78, 5) is 12.0. The van der Waals surface area contributed by atoms with Crippen molar-refractivity contribution in [3.8, 4) is 0 Å². The molecule has 0 radical (unpaired) electrons. The topological polar surface area (TPSA) is 50.4 Å². The van der Waals surface area contributed by atoms with E-state index in [0.29, 0.717) is 18.1 Å². The van der Waals surface area contributed by atoms with Crippen molar-refractivity contribution in [3.05, 3.63) is 0 Å². The molecule has 3 aliphatic rings. The molecule has 3 atom stereocenters. The molecule has 0 spiro atoms. The van der Waals surface area contributed by atoms with Gasteiger partial charge in [-0.3, -0.25) is 4.79 Å². The van der Waals surface area contributed by atoms with Crippen LogP contribution in [0.25, 0.3) is 0 Å². The van der Waals surface area contributed by atoms with Crippen molar-refractivity contribution in [2.75, 3.05) is 6.61 Å². The molecule has 0 aromatic heterocycles. The summed E-state index contributed by atoms with van der Waals surface area (Å²) in [6.07, 6.45) is 7.66. The van der Waals surface area contributed by atoms with Gasteiger partial charge in [0.2, 0.25) is 5.91 Å². The summed E-state index contributed by atoms with van der Waals surface area (Å²) in [5, 5.41) is 6.78. The normalized spacial score (nSPS) is 38.9. The summed E-state index contributed by atoms with van der Waals surface area (Å²) in [5.41, 5.74) is 0. The first kappa shape index (κ1) is 14.1. The van der Waals surface area contributed by atoms with E-state index < -0.39 is 0 Å². The minimum atomic E-state index is -0.184. The Kier molecular flexibility index (Phi) is 4.87. The molecule has 0 aliphatic carbocycles. The SMILES string of the molecule is Cl.O=C(NC1CC2CCC(C1)N2)C1CCCCO1. The summed E-state index contributed by atoms with van der Waals surface area (Å²) >= 11 is 0. The highest BCUT2D eigenvalue weighted by molar-refractivity contribution is 5.85. The Hall–Kier alpha value is -0.320. The average Bonchev–Trinajstić information content (AvgIpc) is 2.70. The molecule has 0 aromatic rings. The van der Waals surface area contributed by atoms with Gasteiger partial charge in [-0.15, -0.1) is 12.4 Å². The minimum absolute atomic E-state index is 0. The fourth-order valence-corrected chi connectivity index (χ4v) is 3.42. The predicted octanol–water partition coefficient (Wildman–Crippen LogP) is 1.38. The zero-order chi connectivity index (χ0) is 11.7. The number of nitrogens with one attached hydrogen (secondary N) is 2. The predicted molar refractivity (Wildman–Crippen MR) is 71.9 cm³/mol. The molecule has 2 bridgehead atoms. The van der Waals surface area contributed by atoms with Gasteiger partial charge in [-0.1, -0.05) is 0 Å². The molecule has 18 heavy (non-hydrogen) atoms. The van der Waals surface area contributed by atoms with Crippen LogP contribution in [0.5, 0.6) is 0 Å². The lowest BCUT2D eigenvalue weighted by molar-refractivity contribution is -0.136. The lowest BCUT2D eigenvalue weighted by Gasteiger charge is -2.31. The van der Waals surface area contributed by atoms with Crippen LogP contribution in [0.4, 0.5) is 0 Å². The lowest BCUT2D eigenvalue weighted by Crippen LogP contribution is -2.50. The van der Waals surface area contributed by atoms with Crippen LogP contribution in [0.2, 0.25) is 0 Å². The monoisotopic (exact) mass is 274 g/mol. The third kappa shape index (κ3) is 3.16. The molecule has 3 fully saturated rings. The number of carbonyl (C=O) groups excluding carboxylic acids is 1. The third-order valence-electron chi connectivity index (χ3n) is 4.29. The Morgan fingerprint density at radius 3 is 2.44 bits per heavy atom. The van der Waals surface area contributed by atoms with E-state index in [9.17, 15) is 4.79 Å². The molecule has 3 heterocycles. The summed E-state index contributed by atoms with van der Waals surface area (Å²) in [5.74, 6) is 0.121. The van der Waals surface area contributed by atoms with Crippen molar-refractivity contribution in [2.24, 2.45) is 0 Å². The Balaban J connectivity index is 0.00000120. The van der Waals surface area contributed by atoms with Gasteiger partial charge >= 0.3 is 0 Å². The molecule has 2 N–H and O–H groups in total. The molecule has 0 saturated carbocycles. The number of rotatable bonds is 2. The molecule has 3 unspecified atom stereocenters. The Bertz CT molecular complexity index is 283. The van der Waals surface area contributed by atoms with E-state index in [0.717, 1.165) is 38.7 Å². The Morgan fingerprint density at radius 1 is 1.11 bits per heavy atom. The maximum atomic E-state index is 12.0. The number of amides is 1. The molecule has 104 valence electrons. The maximum absolute atomic E-state index is 12.0. The second-order valence-corrected chi connectivity index (χ2v) is 5.67. The second-order valence-electron chi connectivity index (χ2n) is 5.67. The molecular weight excluding hydrogens is 252 g/mol. The van der Waals surface area contributed by atoms with E-state index in [4.69, 9.17) is 4.74 Å². The highest BCUT2D eigenvalue weighted by atomic mass is 35.5. The van der Waals surface area contributed by atoms with E-state index in [2.05, 4.69) is 10.6 Å². The highest BCUT2D eigenvalue weighted by Crippen LogP contribution is 2.27. The van der Waals surface area contributed by atoms with Crippen molar-refractivity contribution in [2.45, 2.75) is 69.2 Å². The van der Waals surface area contributed by atoms with E-state index in [-0.39, 0.29) is 24.4 Å². The first-order valence-electron chi connectivity index (χ1n) is 6.99. The lowest BCUT2D eigenvalue weighted by atomic mass is 9.99. The van der Waals surface area contributed by atoms with E-state index in [1.165, 1.54) is 12.8 Å². The first-order chi connectivity index (χ1) is 8.31. The van der Waals surface area contributed by atoms with Gasteiger partial charge in [0.05, 0.1) is 0 Å². The highest BCUT2D eigenvalue weighted by Gasteiger charge is 2.35. The summed E-state index contributed by atoms with van der Waals surface area (Å²) in [6.45, 7) is 0.746. The van der Waals surface area contributed by atoms with Crippen molar-refractivity contribution in [1.82, 2.24) is 10.6 Å². The molecule has 1 amide bonds. The number of hydrogen-bond acceptors (Lipinski definition) is 3. The van der Waals surface area contributed by atoms with Crippen molar-refractivity contribution in [1.29, 1.82) is 0 Å². The second kappa shape index (κ2) is 6.22. The van der Waals surface area contributed by atoms with Crippen LogP contribution in [-0.4, -0.2) is 36.7 Å². The van der Waals surface area contributed by atoms with Gasteiger partial charge in [-0.25, -0.2) is 0 Å². The van der Waals surface area contributed by atoms with Gasteiger partial charge in [-0.05, 0) is 44.9 Å². The van der Waals surface area contributed by atoms with Gasteiger partial charge in [0, 0.05) is 24.7 Å². The largest absolute Gasteiger partial charge is 0.368 e. The van der Waals surface area contributed by atoms with E-state index in [1.54, 1.807) is 0 Å². The van der Waals surface area contributed by atoms with Gasteiger partial charge in [0.15, 0.2) is 0 Å². The van der Waals surface area contributed by atoms with Crippen LogP contribution in [0.3, 0.4) is 0 Å². The number of piperidine rings is 1. The molecule has 0 aromatic carbocycles. The first-order valence-corrected chi connectivity index (χ1v) is 6.99. The van der Waals surface area contributed by atoms with Gasteiger partial charge in [0.25, 0.3) is 0 Å². The van der Waals surface area contributed by atoms with Crippen molar-refractivity contribution < 1.29 is 9.53 Å². The van der Waals surface area contributed by atoms with Gasteiger partial charge < -0.3 is 15.4 Å². The molecular formula is C13H23ClN2O2. The Labute approximate surface area is 115 Å². The maximum Gasteiger partial charge on any atom is 0.249 e. The van der Waals surface area contributed by atoms with Gasteiger partial charge in [-0.2, -0.15) is 0 Å². The quantitative estimate of drug-likeness (QED) is 0.800. The van der Waals surface area contributed by atoms with Crippen LogP contribution in [0, 0.1) is 0 Å². The number of fused-ring (bicyclic) bond motifs is 2. The molecule has 5 heteroatoms. The average molecular weight is 275 g/mol. The zero-order valence-electron chi connectivity index (χ0n) is 10.7. The smallest absolute Gasteiger partial charge is 0.249 e. The molecule has 3 aliphatic heterocycles. The van der Waals surface area contributed by atoms with Crippen LogP contribution < -0.4 is 10.6 Å². The molecule has 3 saturated heterocycles. The summed E-state index contributed by atoms with van der Waals surface area (Å²) in [6, 6.07) is 1.63. The van der Waals surface area contributed by atoms with Gasteiger partial charge in [0.1, 0.15) is 6.10 Å². The summed E-state index contributed by atoms with van der Waals surface area (Å²) in [7, 11) is 0. The fourth-order valence-electron chi connectivity index (χ4n) is 3.42. The third-order valence-corrected chi connectivity index (χ3v) is 4.29. The Morgan fingerprint density at radius 2 is 1.83 bits per heavy atom. The summed E-state index contributed by atoms with van der Waals surface area (Å²) < 4.78 is 5.52. The number of hydrogen-bond donors (Lipinski definition) is 2. The molecule has 3 rings (SSSR count). The van der Waals surface area contributed by atoms with Crippen LogP contribution in [0.15, 0.2) is 0 Å².